The van der Waals surface area contributed by atoms with E-state index in [0.717, 1.165) is 41.4 Å². The summed E-state index contributed by atoms with van der Waals surface area (Å²) < 4.78 is 6.26. The predicted octanol–water partition coefficient (Wildman–Crippen LogP) is 6.16. The number of unbranched alkanes of at least 4 members (excludes halogenated alkanes) is 1. The minimum Gasteiger partial charge on any atom is -0.371 e. The molecule has 2 unspecified atom stereocenters. The third-order valence-corrected chi connectivity index (χ3v) is 6.25. The van der Waals surface area contributed by atoms with E-state index in [1.54, 1.807) is 30.0 Å². The second kappa shape index (κ2) is 9.35. The van der Waals surface area contributed by atoms with Crippen LogP contribution in [0.4, 0.5) is 11.4 Å². The molecule has 0 saturated carbocycles. The Kier molecular flexibility index (Phi) is 7.03. The highest BCUT2D eigenvalue weighted by Gasteiger charge is 2.36. The van der Waals surface area contributed by atoms with Crippen molar-refractivity contribution in [2.75, 3.05) is 12.3 Å². The smallest absolute Gasteiger partial charge is 0.277 e. The lowest BCUT2D eigenvalue weighted by atomic mass is 10.1. The molecular formula is C23H31N3O3S. The van der Waals surface area contributed by atoms with E-state index in [9.17, 15) is 10.1 Å². The van der Waals surface area contributed by atoms with Crippen LogP contribution >= 0.6 is 11.8 Å². The van der Waals surface area contributed by atoms with E-state index in [4.69, 9.17) is 9.73 Å². The second-order valence-electron chi connectivity index (χ2n) is 8.66. The van der Waals surface area contributed by atoms with Crippen LogP contribution in [0, 0.1) is 10.1 Å². The van der Waals surface area contributed by atoms with Gasteiger partial charge in [-0.1, -0.05) is 43.3 Å². The maximum Gasteiger partial charge on any atom is 0.277 e. The normalized spacial score (nSPS) is 19.6. The van der Waals surface area contributed by atoms with Crippen LogP contribution in [0.15, 0.2) is 41.4 Å². The highest BCUT2D eigenvalue weighted by atomic mass is 32.2. The molecule has 0 aromatic heterocycles. The van der Waals surface area contributed by atoms with Gasteiger partial charge in [-0.3, -0.25) is 10.1 Å². The van der Waals surface area contributed by atoms with Crippen LogP contribution < -0.4 is 0 Å². The first kappa shape index (κ1) is 22.6. The molecule has 162 valence electrons. The SMILES string of the molecule is CCCCN1C(=Nc2ccc([N+](=O)[O-])c3ccccc23)SCC1C(C)OC(C)(C)C. The summed E-state index contributed by atoms with van der Waals surface area (Å²) in [4.78, 5) is 18.4. The monoisotopic (exact) mass is 429 g/mol. The zero-order valence-electron chi connectivity index (χ0n) is 18.4. The van der Waals surface area contributed by atoms with Gasteiger partial charge in [-0.15, -0.1) is 0 Å². The number of rotatable bonds is 7. The number of fused-ring (bicyclic) bond motifs is 1. The number of ether oxygens (including phenoxy) is 1. The van der Waals surface area contributed by atoms with E-state index >= 15 is 0 Å². The van der Waals surface area contributed by atoms with Crippen molar-refractivity contribution in [3.8, 4) is 0 Å². The van der Waals surface area contributed by atoms with Gasteiger partial charge in [0.25, 0.3) is 5.69 Å². The third-order valence-electron chi connectivity index (χ3n) is 5.15. The average Bonchev–Trinajstić information content (AvgIpc) is 3.07. The van der Waals surface area contributed by atoms with Crippen LogP contribution in [-0.4, -0.2) is 45.0 Å². The molecule has 1 fully saturated rings. The molecule has 0 spiro atoms. The van der Waals surface area contributed by atoms with Crippen LogP contribution in [0.5, 0.6) is 0 Å². The molecule has 1 heterocycles. The fraction of sp³-hybridized carbons (Fsp3) is 0.522. The molecule has 30 heavy (non-hydrogen) atoms. The minimum absolute atomic E-state index is 0.0793. The molecule has 3 rings (SSSR count). The lowest BCUT2D eigenvalue weighted by Crippen LogP contribution is -2.45. The van der Waals surface area contributed by atoms with Gasteiger partial charge >= 0.3 is 0 Å². The predicted molar refractivity (Wildman–Crippen MR) is 126 cm³/mol. The number of benzene rings is 2. The number of hydrogen-bond acceptors (Lipinski definition) is 5. The summed E-state index contributed by atoms with van der Waals surface area (Å²) >= 11 is 1.74. The molecule has 2 aromatic rings. The summed E-state index contributed by atoms with van der Waals surface area (Å²) in [6.07, 6.45) is 2.27. The number of nitro groups is 1. The number of nitro benzene ring substituents is 1. The maximum absolute atomic E-state index is 11.4. The topological polar surface area (TPSA) is 68.0 Å². The molecular weight excluding hydrogens is 398 g/mol. The summed E-state index contributed by atoms with van der Waals surface area (Å²) in [6, 6.07) is 11.0. The van der Waals surface area contributed by atoms with Gasteiger partial charge in [0.15, 0.2) is 5.17 Å². The van der Waals surface area contributed by atoms with Crippen molar-refractivity contribution in [3.63, 3.8) is 0 Å². The van der Waals surface area contributed by atoms with Crippen molar-refractivity contribution < 1.29 is 9.66 Å². The second-order valence-corrected chi connectivity index (χ2v) is 9.65. The van der Waals surface area contributed by atoms with Crippen LogP contribution in [0.1, 0.15) is 47.5 Å². The van der Waals surface area contributed by atoms with E-state index in [1.165, 1.54) is 0 Å². The number of nitrogens with zero attached hydrogens (tertiary/aromatic N) is 3. The lowest BCUT2D eigenvalue weighted by molar-refractivity contribution is -0.383. The van der Waals surface area contributed by atoms with Gasteiger partial charge in [-0.25, -0.2) is 4.99 Å². The Morgan fingerprint density at radius 3 is 2.60 bits per heavy atom. The Morgan fingerprint density at radius 1 is 1.27 bits per heavy atom. The van der Waals surface area contributed by atoms with Gasteiger partial charge < -0.3 is 9.64 Å². The van der Waals surface area contributed by atoms with Gasteiger partial charge in [0.2, 0.25) is 0 Å². The Hall–Kier alpha value is -2.12. The number of amidine groups is 1. The minimum atomic E-state index is -0.335. The molecule has 2 aromatic carbocycles. The van der Waals surface area contributed by atoms with Crippen molar-refractivity contribution in [2.45, 2.75) is 65.2 Å². The first-order chi connectivity index (χ1) is 14.2. The van der Waals surface area contributed by atoms with E-state index in [-0.39, 0.29) is 28.4 Å². The molecule has 1 aliphatic rings. The molecule has 1 saturated heterocycles. The highest BCUT2D eigenvalue weighted by Crippen LogP contribution is 2.36. The maximum atomic E-state index is 11.4. The van der Waals surface area contributed by atoms with Gasteiger partial charge in [0.05, 0.1) is 33.7 Å². The van der Waals surface area contributed by atoms with Crippen LogP contribution in [0.3, 0.4) is 0 Å². The van der Waals surface area contributed by atoms with Gasteiger partial charge in [0.1, 0.15) is 0 Å². The third kappa shape index (κ3) is 5.13. The molecule has 0 amide bonds. The Morgan fingerprint density at radius 2 is 1.97 bits per heavy atom. The molecule has 0 N–H and O–H groups in total. The van der Waals surface area contributed by atoms with E-state index in [2.05, 4.69) is 39.5 Å². The lowest BCUT2D eigenvalue weighted by Gasteiger charge is -2.34. The summed E-state index contributed by atoms with van der Waals surface area (Å²) in [5, 5.41) is 13.8. The van der Waals surface area contributed by atoms with E-state index in [0.29, 0.717) is 5.39 Å². The summed E-state index contributed by atoms with van der Waals surface area (Å²) in [5.41, 5.74) is 0.682. The highest BCUT2D eigenvalue weighted by molar-refractivity contribution is 8.14. The summed E-state index contributed by atoms with van der Waals surface area (Å²) in [6.45, 7) is 11.5. The summed E-state index contributed by atoms with van der Waals surface area (Å²) in [7, 11) is 0. The molecule has 2 atom stereocenters. The Labute approximate surface area is 182 Å². The summed E-state index contributed by atoms with van der Waals surface area (Å²) in [5.74, 6) is 0.921. The van der Waals surface area contributed by atoms with Crippen molar-refractivity contribution >= 4 is 39.1 Å². The number of aliphatic imine (C=N–C) groups is 1. The first-order valence-corrected chi connectivity index (χ1v) is 11.5. The Balaban J connectivity index is 1.97. The van der Waals surface area contributed by atoms with Crippen molar-refractivity contribution in [2.24, 2.45) is 4.99 Å². The van der Waals surface area contributed by atoms with E-state index < -0.39 is 0 Å². The number of thioether (sulfide) groups is 1. The van der Waals surface area contributed by atoms with Gasteiger partial charge in [-0.05, 0) is 46.2 Å². The molecule has 0 radical (unpaired) electrons. The standard InChI is InChI=1S/C23H31N3O3S/c1-6-7-14-25-21(16(2)29-23(3,4)5)15-30-22(25)24-19-12-13-20(26(27)28)18-11-9-8-10-17(18)19/h8-13,16,21H,6-7,14-15H2,1-5H3. The number of hydrogen-bond donors (Lipinski definition) is 0. The van der Waals surface area contributed by atoms with Gasteiger partial charge in [0, 0.05) is 23.8 Å². The first-order valence-electron chi connectivity index (χ1n) is 10.5. The van der Waals surface area contributed by atoms with Crippen molar-refractivity contribution in [1.29, 1.82) is 0 Å². The quantitative estimate of drug-likeness (QED) is 0.390. The van der Waals surface area contributed by atoms with Crippen molar-refractivity contribution in [3.05, 3.63) is 46.5 Å². The zero-order valence-corrected chi connectivity index (χ0v) is 19.2. The average molecular weight is 430 g/mol. The van der Waals surface area contributed by atoms with Crippen LogP contribution in [0.2, 0.25) is 0 Å². The molecule has 6 nitrogen and oxygen atoms in total. The molecule has 0 aliphatic carbocycles. The van der Waals surface area contributed by atoms with Crippen LogP contribution in [-0.2, 0) is 4.74 Å². The molecule has 1 aliphatic heterocycles. The fourth-order valence-electron chi connectivity index (χ4n) is 3.81. The van der Waals surface area contributed by atoms with Crippen molar-refractivity contribution in [1.82, 2.24) is 4.90 Å². The van der Waals surface area contributed by atoms with Gasteiger partial charge in [-0.2, -0.15) is 0 Å². The number of non-ortho nitro benzene ring substituents is 1. The molecule has 7 heteroatoms. The largest absolute Gasteiger partial charge is 0.371 e. The zero-order chi connectivity index (χ0) is 21.9. The van der Waals surface area contributed by atoms with E-state index in [1.807, 2.05) is 18.2 Å². The Bertz CT molecular complexity index is 939. The van der Waals surface area contributed by atoms with Crippen LogP contribution in [0.25, 0.3) is 10.8 Å². The molecule has 0 bridgehead atoms. The fourth-order valence-corrected chi connectivity index (χ4v) is 5.14.